The third kappa shape index (κ3) is 5.34. The Morgan fingerprint density at radius 1 is 1.06 bits per heavy atom. The van der Waals surface area contributed by atoms with Crippen LogP contribution in [-0.2, 0) is 17.8 Å². The Morgan fingerprint density at radius 3 is 2.65 bits per heavy atom. The standard InChI is InChI=1S/C30H34N2O2/c1-21-7-6-8-24(17-21)20-32-16-15-25-13-14-27(34-22(2)30(33)31-19-23-11-12-23)18-28(25)29(32)26-9-4-3-5-10-26/h3-10,13-14,17-18,22-23,29H,11-12,15-16,19-20H2,1-2H3,(H,31,33)/t22-,29+/m0/s1. The zero-order valence-corrected chi connectivity index (χ0v) is 20.2. The molecule has 1 heterocycles. The summed E-state index contributed by atoms with van der Waals surface area (Å²) in [7, 11) is 0. The lowest BCUT2D eigenvalue weighted by Gasteiger charge is -2.38. The summed E-state index contributed by atoms with van der Waals surface area (Å²) in [6, 6.07) is 26.0. The molecule has 1 amide bonds. The molecule has 3 aromatic carbocycles. The zero-order chi connectivity index (χ0) is 23.5. The van der Waals surface area contributed by atoms with Crippen LogP contribution in [-0.4, -0.2) is 30.0 Å². The number of nitrogens with one attached hydrogen (secondary N) is 1. The second kappa shape index (κ2) is 10.0. The summed E-state index contributed by atoms with van der Waals surface area (Å²) in [5.41, 5.74) is 6.53. The predicted molar refractivity (Wildman–Crippen MR) is 136 cm³/mol. The molecule has 0 aromatic heterocycles. The number of rotatable bonds is 8. The van der Waals surface area contributed by atoms with Crippen molar-refractivity contribution < 1.29 is 9.53 Å². The van der Waals surface area contributed by atoms with Crippen LogP contribution in [0.15, 0.2) is 72.8 Å². The number of amides is 1. The lowest BCUT2D eigenvalue weighted by atomic mass is 9.87. The van der Waals surface area contributed by atoms with Crippen LogP contribution in [0.3, 0.4) is 0 Å². The Kier molecular flexibility index (Phi) is 6.68. The van der Waals surface area contributed by atoms with Crippen molar-refractivity contribution in [3.8, 4) is 5.75 Å². The minimum Gasteiger partial charge on any atom is -0.481 e. The number of hydrogen-bond acceptors (Lipinski definition) is 3. The first-order chi connectivity index (χ1) is 16.6. The molecule has 1 saturated carbocycles. The number of carbonyl (C=O) groups excluding carboxylic acids is 1. The molecule has 1 N–H and O–H groups in total. The summed E-state index contributed by atoms with van der Waals surface area (Å²) < 4.78 is 6.12. The Labute approximate surface area is 202 Å². The molecule has 3 aromatic rings. The molecule has 0 spiro atoms. The van der Waals surface area contributed by atoms with Gasteiger partial charge in [0.05, 0.1) is 6.04 Å². The minimum absolute atomic E-state index is 0.0368. The highest BCUT2D eigenvalue weighted by atomic mass is 16.5. The summed E-state index contributed by atoms with van der Waals surface area (Å²) in [6.45, 7) is 6.64. The molecular formula is C30H34N2O2. The molecule has 1 fully saturated rings. The zero-order valence-electron chi connectivity index (χ0n) is 20.2. The molecule has 1 aliphatic carbocycles. The van der Waals surface area contributed by atoms with Gasteiger partial charge in [0.2, 0.25) is 0 Å². The van der Waals surface area contributed by atoms with Crippen LogP contribution in [0.2, 0.25) is 0 Å². The van der Waals surface area contributed by atoms with E-state index in [2.05, 4.69) is 83.9 Å². The van der Waals surface area contributed by atoms with Gasteiger partial charge in [0.1, 0.15) is 5.75 Å². The molecule has 2 atom stereocenters. The second-order valence-electron chi connectivity index (χ2n) is 9.83. The molecule has 0 unspecified atom stereocenters. The molecule has 34 heavy (non-hydrogen) atoms. The molecule has 0 saturated heterocycles. The summed E-state index contributed by atoms with van der Waals surface area (Å²) in [4.78, 5) is 15.1. The maximum Gasteiger partial charge on any atom is 0.260 e. The normalized spacial score (nSPS) is 18.7. The van der Waals surface area contributed by atoms with Crippen molar-refractivity contribution >= 4 is 5.91 Å². The van der Waals surface area contributed by atoms with Gasteiger partial charge < -0.3 is 10.1 Å². The number of aryl methyl sites for hydroxylation is 1. The SMILES string of the molecule is Cc1cccc(CN2CCc3ccc(O[C@@H](C)C(=O)NCC4CC4)cc3[C@H]2c2ccccc2)c1. The molecular weight excluding hydrogens is 420 g/mol. The van der Waals surface area contributed by atoms with Crippen molar-refractivity contribution in [1.29, 1.82) is 0 Å². The Balaban J connectivity index is 1.40. The van der Waals surface area contributed by atoms with E-state index >= 15 is 0 Å². The summed E-state index contributed by atoms with van der Waals surface area (Å²) in [5.74, 6) is 1.38. The van der Waals surface area contributed by atoms with Gasteiger partial charge in [-0.3, -0.25) is 9.69 Å². The highest BCUT2D eigenvalue weighted by molar-refractivity contribution is 5.80. The Bertz CT molecular complexity index is 1140. The van der Waals surface area contributed by atoms with Gasteiger partial charge in [-0.2, -0.15) is 0 Å². The second-order valence-corrected chi connectivity index (χ2v) is 9.83. The first kappa shape index (κ1) is 22.7. The van der Waals surface area contributed by atoms with Gasteiger partial charge in [-0.05, 0) is 73.4 Å². The van der Waals surface area contributed by atoms with Crippen molar-refractivity contribution in [2.45, 2.75) is 51.8 Å². The van der Waals surface area contributed by atoms with Crippen molar-refractivity contribution in [3.05, 3.63) is 101 Å². The fraction of sp³-hybridized carbons (Fsp3) is 0.367. The predicted octanol–water partition coefficient (Wildman–Crippen LogP) is 5.44. The van der Waals surface area contributed by atoms with Crippen LogP contribution in [0.4, 0.5) is 0 Å². The van der Waals surface area contributed by atoms with E-state index in [1.54, 1.807) is 0 Å². The topological polar surface area (TPSA) is 41.6 Å². The molecule has 4 nitrogen and oxygen atoms in total. The third-order valence-corrected chi connectivity index (χ3v) is 6.97. The molecule has 0 bridgehead atoms. The smallest absolute Gasteiger partial charge is 0.260 e. The Morgan fingerprint density at radius 2 is 1.88 bits per heavy atom. The fourth-order valence-electron chi connectivity index (χ4n) is 4.93. The number of ether oxygens (including phenoxy) is 1. The van der Waals surface area contributed by atoms with Crippen LogP contribution < -0.4 is 10.1 Å². The van der Waals surface area contributed by atoms with E-state index in [-0.39, 0.29) is 11.9 Å². The summed E-state index contributed by atoms with van der Waals surface area (Å²) >= 11 is 0. The molecule has 2 aliphatic rings. The van der Waals surface area contributed by atoms with Gasteiger partial charge in [0, 0.05) is 19.6 Å². The number of nitrogens with zero attached hydrogens (tertiary/aromatic N) is 1. The Hall–Kier alpha value is -3.11. The average molecular weight is 455 g/mol. The van der Waals surface area contributed by atoms with Crippen molar-refractivity contribution in [2.75, 3.05) is 13.1 Å². The fourth-order valence-corrected chi connectivity index (χ4v) is 4.93. The van der Waals surface area contributed by atoms with E-state index < -0.39 is 6.10 Å². The van der Waals surface area contributed by atoms with E-state index in [4.69, 9.17) is 4.74 Å². The molecule has 5 rings (SSSR count). The highest BCUT2D eigenvalue weighted by Gasteiger charge is 2.30. The number of benzene rings is 3. The van der Waals surface area contributed by atoms with Crippen LogP contribution in [0.5, 0.6) is 5.75 Å². The maximum atomic E-state index is 12.5. The molecule has 176 valence electrons. The summed E-state index contributed by atoms with van der Waals surface area (Å²) in [6.07, 6.45) is 2.93. The first-order valence-corrected chi connectivity index (χ1v) is 12.5. The number of carbonyl (C=O) groups is 1. The van der Waals surface area contributed by atoms with Gasteiger partial charge in [-0.15, -0.1) is 0 Å². The van der Waals surface area contributed by atoms with E-state index in [0.717, 1.165) is 31.8 Å². The monoisotopic (exact) mass is 454 g/mol. The van der Waals surface area contributed by atoms with Gasteiger partial charge in [0.25, 0.3) is 5.91 Å². The van der Waals surface area contributed by atoms with Crippen LogP contribution >= 0.6 is 0 Å². The number of hydrogen-bond donors (Lipinski definition) is 1. The van der Waals surface area contributed by atoms with Crippen molar-refractivity contribution in [3.63, 3.8) is 0 Å². The van der Waals surface area contributed by atoms with Gasteiger partial charge in [-0.25, -0.2) is 0 Å². The highest BCUT2D eigenvalue weighted by Crippen LogP contribution is 2.38. The minimum atomic E-state index is -0.515. The van der Waals surface area contributed by atoms with Gasteiger partial charge in [0.15, 0.2) is 6.10 Å². The lowest BCUT2D eigenvalue weighted by Crippen LogP contribution is -2.37. The molecule has 0 radical (unpaired) electrons. The van der Waals surface area contributed by atoms with Crippen molar-refractivity contribution in [2.24, 2.45) is 5.92 Å². The number of fused-ring (bicyclic) bond motifs is 1. The van der Waals surface area contributed by atoms with E-state index in [1.807, 2.05) is 13.0 Å². The van der Waals surface area contributed by atoms with Crippen LogP contribution in [0.25, 0.3) is 0 Å². The average Bonchev–Trinajstić information content (AvgIpc) is 3.67. The summed E-state index contributed by atoms with van der Waals surface area (Å²) in [5, 5.41) is 3.03. The van der Waals surface area contributed by atoms with E-state index in [1.165, 1.54) is 40.7 Å². The van der Waals surface area contributed by atoms with E-state index in [0.29, 0.717) is 5.92 Å². The molecule has 1 aliphatic heterocycles. The van der Waals surface area contributed by atoms with Gasteiger partial charge >= 0.3 is 0 Å². The van der Waals surface area contributed by atoms with Crippen molar-refractivity contribution in [1.82, 2.24) is 10.2 Å². The molecule has 4 heteroatoms. The van der Waals surface area contributed by atoms with E-state index in [9.17, 15) is 4.79 Å². The van der Waals surface area contributed by atoms with Crippen LogP contribution in [0.1, 0.15) is 53.6 Å². The first-order valence-electron chi connectivity index (χ1n) is 12.5. The maximum absolute atomic E-state index is 12.5. The van der Waals surface area contributed by atoms with Crippen LogP contribution in [0, 0.1) is 12.8 Å². The lowest BCUT2D eigenvalue weighted by molar-refractivity contribution is -0.127. The largest absolute Gasteiger partial charge is 0.481 e. The third-order valence-electron chi connectivity index (χ3n) is 6.97. The van der Waals surface area contributed by atoms with Gasteiger partial charge in [-0.1, -0.05) is 66.2 Å². The quantitative estimate of drug-likeness (QED) is 0.493.